The molecule has 36 heavy (non-hydrogen) atoms. The highest BCUT2D eigenvalue weighted by Gasteiger charge is 2.47. The number of likely N-dealkylation sites (tertiary alicyclic amines) is 2. The molecule has 192 valence electrons. The maximum absolute atomic E-state index is 13.4. The third-order valence-electron chi connectivity index (χ3n) is 8.68. The lowest BCUT2D eigenvalue weighted by atomic mass is 9.77. The first-order valence-corrected chi connectivity index (χ1v) is 13.6. The molecule has 2 aromatic carbocycles. The molecule has 1 spiro atoms. The number of nitrogens with zero attached hydrogens (tertiary/aromatic N) is 2. The third-order valence-corrected chi connectivity index (χ3v) is 8.68. The van der Waals surface area contributed by atoms with E-state index in [4.69, 9.17) is 4.74 Å². The van der Waals surface area contributed by atoms with Crippen LogP contribution in [0.15, 0.2) is 54.6 Å². The fraction of sp³-hybridized carbons (Fsp3) is 0.533. The summed E-state index contributed by atoms with van der Waals surface area (Å²) in [6.45, 7) is 4.34. The van der Waals surface area contributed by atoms with Gasteiger partial charge in [0.15, 0.2) is 0 Å². The highest BCUT2D eigenvalue weighted by atomic mass is 16.5. The molecular formula is C30H39N3O3. The standard InChI is InChI=1S/C30H39N3O3/c1-36-26-12-10-23(11-13-26)22-33-21-17-30(29(33)35)15-19-32(20-16-30)18-14-27(24-6-3-2-4-7-24)31-28(34)25-8-5-9-25/h2-4,6-7,10-13,25,27H,5,8-9,14-22H2,1H3,(H,31,34). The highest BCUT2D eigenvalue weighted by molar-refractivity contribution is 5.85. The van der Waals surface area contributed by atoms with Crippen LogP contribution >= 0.6 is 0 Å². The first kappa shape index (κ1) is 24.8. The van der Waals surface area contributed by atoms with Gasteiger partial charge in [0, 0.05) is 25.6 Å². The Labute approximate surface area is 215 Å². The molecule has 2 saturated heterocycles. The van der Waals surface area contributed by atoms with Gasteiger partial charge in [0.2, 0.25) is 11.8 Å². The van der Waals surface area contributed by atoms with Gasteiger partial charge >= 0.3 is 0 Å². The number of piperidine rings is 1. The largest absolute Gasteiger partial charge is 0.497 e. The summed E-state index contributed by atoms with van der Waals surface area (Å²) < 4.78 is 5.25. The summed E-state index contributed by atoms with van der Waals surface area (Å²) in [7, 11) is 1.67. The van der Waals surface area contributed by atoms with Crippen molar-refractivity contribution >= 4 is 11.8 Å². The number of ether oxygens (including phenoxy) is 1. The molecule has 2 amide bonds. The van der Waals surface area contributed by atoms with E-state index in [2.05, 4.69) is 22.3 Å². The van der Waals surface area contributed by atoms with Crippen molar-refractivity contribution in [1.29, 1.82) is 0 Å². The Kier molecular flexibility index (Phi) is 7.61. The topological polar surface area (TPSA) is 61.9 Å². The van der Waals surface area contributed by atoms with Crippen molar-refractivity contribution in [3.63, 3.8) is 0 Å². The maximum Gasteiger partial charge on any atom is 0.229 e. The molecule has 1 unspecified atom stereocenters. The molecule has 0 radical (unpaired) electrons. The number of carbonyl (C=O) groups excluding carboxylic acids is 2. The van der Waals surface area contributed by atoms with E-state index < -0.39 is 0 Å². The van der Waals surface area contributed by atoms with E-state index in [9.17, 15) is 9.59 Å². The maximum atomic E-state index is 13.4. The summed E-state index contributed by atoms with van der Waals surface area (Å²) in [5.74, 6) is 1.57. The number of benzene rings is 2. The van der Waals surface area contributed by atoms with Crippen molar-refractivity contribution in [2.75, 3.05) is 33.3 Å². The lowest BCUT2D eigenvalue weighted by Gasteiger charge is -2.38. The normalized spacial score (nSPS) is 20.8. The molecule has 5 rings (SSSR count). The number of methoxy groups -OCH3 is 1. The van der Waals surface area contributed by atoms with Gasteiger partial charge in [-0.1, -0.05) is 48.9 Å². The van der Waals surface area contributed by atoms with E-state index in [1.54, 1.807) is 7.11 Å². The minimum Gasteiger partial charge on any atom is -0.497 e. The SMILES string of the molecule is COc1ccc(CN2CCC3(CCN(CCC(NC(=O)C4CCC4)c4ccccc4)CC3)C2=O)cc1. The average Bonchev–Trinajstić information content (AvgIpc) is 3.17. The van der Waals surface area contributed by atoms with E-state index >= 15 is 0 Å². The van der Waals surface area contributed by atoms with Gasteiger partial charge in [-0.3, -0.25) is 9.59 Å². The van der Waals surface area contributed by atoms with E-state index in [0.717, 1.165) is 76.0 Å². The quantitative estimate of drug-likeness (QED) is 0.561. The van der Waals surface area contributed by atoms with Crippen LogP contribution in [-0.4, -0.2) is 54.9 Å². The van der Waals surface area contributed by atoms with Crippen LogP contribution in [0.1, 0.15) is 62.1 Å². The Bertz CT molecular complexity index is 1030. The van der Waals surface area contributed by atoms with Gasteiger partial charge in [-0.25, -0.2) is 0 Å². The van der Waals surface area contributed by atoms with E-state index in [1.165, 1.54) is 12.0 Å². The molecule has 3 fully saturated rings. The summed E-state index contributed by atoms with van der Waals surface area (Å²) in [6, 6.07) is 18.4. The van der Waals surface area contributed by atoms with Crippen molar-refractivity contribution in [2.45, 2.75) is 57.5 Å². The summed E-state index contributed by atoms with van der Waals surface area (Å²) in [5.41, 5.74) is 2.13. The molecule has 1 N–H and O–H groups in total. The first-order chi connectivity index (χ1) is 17.6. The zero-order valence-corrected chi connectivity index (χ0v) is 21.5. The second-order valence-corrected chi connectivity index (χ2v) is 10.8. The van der Waals surface area contributed by atoms with Crippen LogP contribution in [0.2, 0.25) is 0 Å². The summed E-state index contributed by atoms with van der Waals surface area (Å²) in [5, 5.41) is 3.33. The number of rotatable bonds is 9. The number of hydrogen-bond acceptors (Lipinski definition) is 4. The van der Waals surface area contributed by atoms with Gasteiger partial charge in [-0.2, -0.15) is 0 Å². The van der Waals surface area contributed by atoms with Crippen LogP contribution in [0.25, 0.3) is 0 Å². The molecular weight excluding hydrogens is 450 g/mol. The Morgan fingerprint density at radius 1 is 1.03 bits per heavy atom. The van der Waals surface area contributed by atoms with Crippen LogP contribution < -0.4 is 10.1 Å². The van der Waals surface area contributed by atoms with Gasteiger partial charge in [-0.05, 0) is 74.9 Å². The molecule has 2 heterocycles. The predicted molar refractivity (Wildman–Crippen MR) is 140 cm³/mol. The van der Waals surface area contributed by atoms with Crippen molar-refractivity contribution in [3.05, 3.63) is 65.7 Å². The smallest absolute Gasteiger partial charge is 0.229 e. The number of nitrogens with one attached hydrogen (secondary N) is 1. The van der Waals surface area contributed by atoms with Crippen molar-refractivity contribution in [2.24, 2.45) is 11.3 Å². The molecule has 6 nitrogen and oxygen atoms in total. The Hall–Kier alpha value is -2.86. The van der Waals surface area contributed by atoms with Gasteiger partial charge < -0.3 is 19.9 Å². The fourth-order valence-electron chi connectivity index (χ4n) is 5.94. The number of amides is 2. The number of carbonyl (C=O) groups is 2. The molecule has 3 aliphatic rings. The number of hydrogen-bond donors (Lipinski definition) is 1. The van der Waals surface area contributed by atoms with Crippen LogP contribution in [0, 0.1) is 11.3 Å². The van der Waals surface area contributed by atoms with E-state index in [0.29, 0.717) is 12.5 Å². The van der Waals surface area contributed by atoms with Crippen molar-refractivity contribution < 1.29 is 14.3 Å². The zero-order chi connectivity index (χ0) is 25.0. The van der Waals surface area contributed by atoms with E-state index in [1.807, 2.05) is 47.4 Å². The molecule has 2 aromatic rings. The van der Waals surface area contributed by atoms with Gasteiger partial charge in [0.05, 0.1) is 18.6 Å². The molecule has 6 heteroatoms. The van der Waals surface area contributed by atoms with Crippen LogP contribution in [-0.2, 0) is 16.1 Å². The second kappa shape index (κ2) is 11.0. The third kappa shape index (κ3) is 5.44. The Morgan fingerprint density at radius 2 is 1.72 bits per heavy atom. The minimum absolute atomic E-state index is 0.0447. The molecule has 0 bridgehead atoms. The average molecular weight is 490 g/mol. The first-order valence-electron chi connectivity index (χ1n) is 13.6. The van der Waals surface area contributed by atoms with Crippen LogP contribution in [0.4, 0.5) is 0 Å². The predicted octanol–water partition coefficient (Wildman–Crippen LogP) is 4.56. The lowest BCUT2D eigenvalue weighted by molar-refractivity contribution is -0.139. The van der Waals surface area contributed by atoms with Crippen molar-refractivity contribution in [1.82, 2.24) is 15.1 Å². The molecule has 1 saturated carbocycles. The molecule has 1 atom stereocenters. The Balaban J connectivity index is 1.13. The minimum atomic E-state index is -0.194. The van der Waals surface area contributed by atoms with Gasteiger partial charge in [0.25, 0.3) is 0 Å². The van der Waals surface area contributed by atoms with Crippen molar-refractivity contribution in [3.8, 4) is 5.75 Å². The van der Waals surface area contributed by atoms with Gasteiger partial charge in [0.1, 0.15) is 5.75 Å². The zero-order valence-electron chi connectivity index (χ0n) is 21.5. The van der Waals surface area contributed by atoms with Crippen LogP contribution in [0.3, 0.4) is 0 Å². The Morgan fingerprint density at radius 3 is 2.36 bits per heavy atom. The highest BCUT2D eigenvalue weighted by Crippen LogP contribution is 2.42. The van der Waals surface area contributed by atoms with Gasteiger partial charge in [-0.15, -0.1) is 0 Å². The second-order valence-electron chi connectivity index (χ2n) is 10.8. The molecule has 1 aliphatic carbocycles. The summed E-state index contributed by atoms with van der Waals surface area (Å²) in [4.78, 5) is 30.6. The fourth-order valence-corrected chi connectivity index (χ4v) is 5.94. The van der Waals surface area contributed by atoms with E-state index in [-0.39, 0.29) is 23.3 Å². The summed E-state index contributed by atoms with van der Waals surface area (Å²) in [6.07, 6.45) is 6.91. The molecule has 2 aliphatic heterocycles. The monoisotopic (exact) mass is 489 g/mol. The lowest BCUT2D eigenvalue weighted by Crippen LogP contribution is -2.45. The molecule has 0 aromatic heterocycles. The summed E-state index contributed by atoms with van der Waals surface area (Å²) >= 11 is 0. The van der Waals surface area contributed by atoms with Crippen LogP contribution in [0.5, 0.6) is 5.75 Å².